The van der Waals surface area contributed by atoms with Crippen LogP contribution in [0.4, 0.5) is 0 Å². The fourth-order valence-electron chi connectivity index (χ4n) is 1.43. The van der Waals surface area contributed by atoms with E-state index >= 15 is 0 Å². The first kappa shape index (κ1) is 12.4. The summed E-state index contributed by atoms with van der Waals surface area (Å²) in [6.45, 7) is 8.37. The third-order valence-corrected chi connectivity index (χ3v) is 3.35. The van der Waals surface area contributed by atoms with Crippen molar-refractivity contribution >= 4 is 17.1 Å². The average molecular weight is 224 g/mol. The van der Waals surface area contributed by atoms with Gasteiger partial charge in [0.2, 0.25) is 0 Å². The van der Waals surface area contributed by atoms with Crippen molar-refractivity contribution < 1.29 is 4.79 Å². The minimum atomic E-state index is 0.151. The predicted molar refractivity (Wildman–Crippen MR) is 66.4 cm³/mol. The zero-order chi connectivity index (χ0) is 11.4. The van der Waals surface area contributed by atoms with Crippen molar-refractivity contribution in [3.63, 3.8) is 0 Å². The Labute approximate surface area is 96.5 Å². The lowest BCUT2D eigenvalue weighted by Gasteiger charge is -2.01. The zero-order valence-corrected chi connectivity index (χ0v) is 10.9. The summed E-state index contributed by atoms with van der Waals surface area (Å²) in [6, 6.07) is 2.19. The number of hydrogen-bond donors (Lipinski definition) is 0. The third kappa shape index (κ3) is 4.17. The summed E-state index contributed by atoms with van der Waals surface area (Å²) in [5.74, 6) is 1.18. The molecular weight excluding hydrogens is 204 g/mol. The van der Waals surface area contributed by atoms with Crippen molar-refractivity contribution in [3.05, 3.63) is 21.9 Å². The number of rotatable bonds is 5. The van der Waals surface area contributed by atoms with E-state index in [0.29, 0.717) is 18.1 Å². The predicted octanol–water partition coefficient (Wildman–Crippen LogP) is 3.71. The molecule has 0 fully saturated rings. The Hall–Kier alpha value is -0.630. The van der Waals surface area contributed by atoms with Gasteiger partial charge in [-0.3, -0.25) is 4.79 Å². The Balaban J connectivity index is 2.56. The first-order valence-corrected chi connectivity index (χ1v) is 6.46. The van der Waals surface area contributed by atoms with Gasteiger partial charge in [0.05, 0.1) is 0 Å². The van der Waals surface area contributed by atoms with Crippen LogP contribution in [0.15, 0.2) is 11.4 Å². The van der Waals surface area contributed by atoms with E-state index in [4.69, 9.17) is 0 Å². The topological polar surface area (TPSA) is 17.1 Å². The molecule has 0 aliphatic carbocycles. The summed E-state index contributed by atoms with van der Waals surface area (Å²) in [5, 5.41) is 2.12. The Bertz CT molecular complexity index is 323. The second-order valence-corrected chi connectivity index (χ2v) is 5.81. The van der Waals surface area contributed by atoms with Crippen LogP contribution in [0.2, 0.25) is 0 Å². The molecule has 0 saturated heterocycles. The molecule has 2 heteroatoms. The minimum absolute atomic E-state index is 0.151. The number of carbonyl (C=O) groups is 1. The van der Waals surface area contributed by atoms with E-state index in [2.05, 4.69) is 25.3 Å². The molecule has 0 aliphatic rings. The van der Waals surface area contributed by atoms with Gasteiger partial charge in [-0.25, -0.2) is 0 Å². The fraction of sp³-hybridized carbons (Fsp3) is 0.615. The largest absolute Gasteiger partial charge is 0.299 e. The van der Waals surface area contributed by atoms with E-state index in [-0.39, 0.29) is 5.92 Å². The second-order valence-electron chi connectivity index (χ2n) is 4.82. The summed E-state index contributed by atoms with van der Waals surface area (Å²) in [5.41, 5.74) is 1.19. The lowest BCUT2D eigenvalue weighted by atomic mass is 10.0. The van der Waals surface area contributed by atoms with Crippen LogP contribution in [0.5, 0.6) is 0 Å². The molecule has 0 bridgehead atoms. The van der Waals surface area contributed by atoms with E-state index in [1.54, 1.807) is 11.3 Å². The van der Waals surface area contributed by atoms with Crippen LogP contribution in [0, 0.1) is 11.8 Å². The number of carbonyl (C=O) groups excluding carboxylic acids is 1. The standard InChI is InChI=1S/C13H20OS/c1-9(2)5-12-6-11(8-15-12)7-13(14)10(3)4/h6,8-10H,5,7H2,1-4H3. The molecule has 0 spiro atoms. The molecule has 15 heavy (non-hydrogen) atoms. The van der Waals surface area contributed by atoms with Gasteiger partial charge < -0.3 is 0 Å². The smallest absolute Gasteiger partial charge is 0.139 e. The van der Waals surface area contributed by atoms with Crippen LogP contribution in [0.1, 0.15) is 38.1 Å². The third-order valence-electron chi connectivity index (χ3n) is 2.34. The summed E-state index contributed by atoms with van der Waals surface area (Å²) >= 11 is 1.78. The van der Waals surface area contributed by atoms with Crippen LogP contribution >= 0.6 is 11.3 Å². The maximum atomic E-state index is 11.5. The Morgan fingerprint density at radius 2 is 2.00 bits per heavy atom. The first-order valence-electron chi connectivity index (χ1n) is 5.58. The molecule has 0 amide bonds. The Kier molecular flexibility index (Phi) is 4.52. The number of ketones is 1. The van der Waals surface area contributed by atoms with Crippen molar-refractivity contribution in [1.29, 1.82) is 0 Å². The van der Waals surface area contributed by atoms with E-state index in [1.807, 2.05) is 13.8 Å². The van der Waals surface area contributed by atoms with Crippen LogP contribution in [-0.4, -0.2) is 5.78 Å². The van der Waals surface area contributed by atoms with Gasteiger partial charge >= 0.3 is 0 Å². The SMILES string of the molecule is CC(C)Cc1cc(CC(=O)C(C)C)cs1. The van der Waals surface area contributed by atoms with Crippen molar-refractivity contribution in [3.8, 4) is 0 Å². The summed E-state index contributed by atoms with van der Waals surface area (Å²) in [7, 11) is 0. The number of thiophene rings is 1. The Morgan fingerprint density at radius 3 is 2.53 bits per heavy atom. The monoisotopic (exact) mass is 224 g/mol. The van der Waals surface area contributed by atoms with Gasteiger partial charge in [-0.15, -0.1) is 11.3 Å². The molecule has 1 aromatic rings. The second kappa shape index (κ2) is 5.45. The molecule has 0 atom stereocenters. The maximum Gasteiger partial charge on any atom is 0.139 e. The highest BCUT2D eigenvalue weighted by Gasteiger charge is 2.10. The van der Waals surface area contributed by atoms with Gasteiger partial charge in [0.15, 0.2) is 0 Å². The molecule has 0 radical (unpaired) electrons. The van der Waals surface area contributed by atoms with E-state index in [0.717, 1.165) is 6.42 Å². The van der Waals surface area contributed by atoms with Gasteiger partial charge in [0.25, 0.3) is 0 Å². The van der Waals surface area contributed by atoms with Gasteiger partial charge in [-0.1, -0.05) is 27.7 Å². The van der Waals surface area contributed by atoms with E-state index in [1.165, 1.54) is 10.4 Å². The summed E-state index contributed by atoms with van der Waals surface area (Å²) in [4.78, 5) is 12.9. The highest BCUT2D eigenvalue weighted by atomic mass is 32.1. The molecular formula is C13H20OS. The maximum absolute atomic E-state index is 11.5. The van der Waals surface area contributed by atoms with Crippen LogP contribution < -0.4 is 0 Å². The summed E-state index contributed by atoms with van der Waals surface area (Å²) in [6.07, 6.45) is 1.73. The van der Waals surface area contributed by atoms with Crippen molar-refractivity contribution in [2.24, 2.45) is 11.8 Å². The van der Waals surface area contributed by atoms with Crippen molar-refractivity contribution in [1.82, 2.24) is 0 Å². The Morgan fingerprint density at radius 1 is 1.33 bits per heavy atom. The van der Waals surface area contributed by atoms with Crippen molar-refractivity contribution in [2.45, 2.75) is 40.5 Å². The zero-order valence-electron chi connectivity index (χ0n) is 10.0. The van der Waals surface area contributed by atoms with E-state index < -0.39 is 0 Å². The molecule has 0 N–H and O–H groups in total. The molecule has 1 nitrogen and oxygen atoms in total. The normalized spacial score (nSPS) is 11.3. The highest BCUT2D eigenvalue weighted by Crippen LogP contribution is 2.19. The molecule has 1 rings (SSSR count). The van der Waals surface area contributed by atoms with Gasteiger partial charge in [0, 0.05) is 17.2 Å². The number of hydrogen-bond acceptors (Lipinski definition) is 2. The lowest BCUT2D eigenvalue weighted by molar-refractivity contribution is -0.121. The van der Waals surface area contributed by atoms with Gasteiger partial charge in [-0.05, 0) is 29.3 Å². The number of Topliss-reactive ketones (excluding diaryl/α,β-unsaturated/α-hetero) is 1. The molecule has 84 valence electrons. The quantitative estimate of drug-likeness (QED) is 0.745. The lowest BCUT2D eigenvalue weighted by Crippen LogP contribution is -2.09. The average Bonchev–Trinajstić information content (AvgIpc) is 2.51. The molecule has 0 saturated carbocycles. The first-order chi connectivity index (χ1) is 6.99. The van der Waals surface area contributed by atoms with Gasteiger partial charge in [-0.2, -0.15) is 0 Å². The highest BCUT2D eigenvalue weighted by molar-refractivity contribution is 7.10. The van der Waals surface area contributed by atoms with Crippen LogP contribution in [-0.2, 0) is 17.6 Å². The molecule has 0 aromatic carbocycles. The molecule has 0 aliphatic heterocycles. The van der Waals surface area contributed by atoms with Crippen molar-refractivity contribution in [2.75, 3.05) is 0 Å². The molecule has 1 heterocycles. The van der Waals surface area contributed by atoms with Crippen LogP contribution in [0.3, 0.4) is 0 Å². The summed E-state index contributed by atoms with van der Waals surface area (Å²) < 4.78 is 0. The minimum Gasteiger partial charge on any atom is -0.299 e. The molecule has 1 aromatic heterocycles. The van der Waals surface area contributed by atoms with E-state index in [9.17, 15) is 4.79 Å². The molecule has 0 unspecified atom stereocenters. The van der Waals surface area contributed by atoms with Crippen LogP contribution in [0.25, 0.3) is 0 Å². The fourth-order valence-corrected chi connectivity index (χ4v) is 2.54. The van der Waals surface area contributed by atoms with Gasteiger partial charge in [0.1, 0.15) is 5.78 Å².